The summed E-state index contributed by atoms with van der Waals surface area (Å²) in [5.74, 6) is -0.187. The highest BCUT2D eigenvalue weighted by Crippen LogP contribution is 2.20. The lowest BCUT2D eigenvalue weighted by Crippen LogP contribution is -2.23. The second-order valence-corrected chi connectivity index (χ2v) is 6.15. The first kappa shape index (κ1) is 16.2. The standard InChI is InChI=1S/C19H16BrN3O/c20-15-7-4-8-16(11-15)23-17-9-10-18(21-13-17)19(24)22-12-14-5-2-1-3-6-14/h1-11,13,23H,12H2,(H,22,24). The average molecular weight is 382 g/mol. The van der Waals surface area contributed by atoms with Gasteiger partial charge in [-0.2, -0.15) is 0 Å². The Balaban J connectivity index is 1.60. The third-order valence-corrected chi connectivity index (χ3v) is 3.90. The molecule has 120 valence electrons. The van der Waals surface area contributed by atoms with Crippen molar-refractivity contribution in [2.24, 2.45) is 0 Å². The number of hydrogen-bond acceptors (Lipinski definition) is 3. The fraction of sp³-hybridized carbons (Fsp3) is 0.0526. The van der Waals surface area contributed by atoms with Gasteiger partial charge in [0, 0.05) is 16.7 Å². The summed E-state index contributed by atoms with van der Waals surface area (Å²) < 4.78 is 0.998. The molecule has 5 heteroatoms. The maximum atomic E-state index is 12.1. The normalized spacial score (nSPS) is 10.2. The molecule has 0 radical (unpaired) electrons. The molecule has 3 rings (SSSR count). The second-order valence-electron chi connectivity index (χ2n) is 5.24. The Kier molecular flexibility index (Phi) is 5.23. The number of benzene rings is 2. The van der Waals surface area contributed by atoms with Crippen LogP contribution in [-0.2, 0) is 6.54 Å². The molecular formula is C19H16BrN3O. The minimum atomic E-state index is -0.187. The van der Waals surface area contributed by atoms with Crippen molar-refractivity contribution in [3.05, 3.63) is 88.7 Å². The van der Waals surface area contributed by atoms with Crippen molar-refractivity contribution in [1.29, 1.82) is 0 Å². The van der Waals surface area contributed by atoms with Gasteiger partial charge in [-0.3, -0.25) is 4.79 Å². The molecule has 0 fully saturated rings. The summed E-state index contributed by atoms with van der Waals surface area (Å²) in [4.78, 5) is 16.4. The highest BCUT2D eigenvalue weighted by Gasteiger charge is 2.07. The lowest BCUT2D eigenvalue weighted by atomic mass is 10.2. The molecular weight excluding hydrogens is 366 g/mol. The zero-order valence-electron chi connectivity index (χ0n) is 12.9. The molecule has 4 nitrogen and oxygen atoms in total. The molecule has 0 atom stereocenters. The Hall–Kier alpha value is -2.66. The zero-order chi connectivity index (χ0) is 16.8. The summed E-state index contributed by atoms with van der Waals surface area (Å²) >= 11 is 3.43. The van der Waals surface area contributed by atoms with Crippen molar-refractivity contribution in [1.82, 2.24) is 10.3 Å². The van der Waals surface area contributed by atoms with Crippen molar-refractivity contribution >= 4 is 33.2 Å². The van der Waals surface area contributed by atoms with E-state index in [1.54, 1.807) is 12.3 Å². The van der Waals surface area contributed by atoms with Crippen molar-refractivity contribution in [3.63, 3.8) is 0 Å². The van der Waals surface area contributed by atoms with Crippen molar-refractivity contribution < 1.29 is 4.79 Å². The molecule has 24 heavy (non-hydrogen) atoms. The molecule has 0 bridgehead atoms. The molecule has 1 amide bonds. The Morgan fingerprint density at radius 3 is 2.50 bits per heavy atom. The molecule has 2 aromatic carbocycles. The summed E-state index contributed by atoms with van der Waals surface area (Å²) in [7, 11) is 0. The van der Waals surface area contributed by atoms with Gasteiger partial charge in [0.2, 0.25) is 0 Å². The molecule has 3 aromatic rings. The van der Waals surface area contributed by atoms with Gasteiger partial charge in [-0.25, -0.2) is 4.98 Å². The number of pyridine rings is 1. The number of carbonyl (C=O) groups is 1. The van der Waals surface area contributed by atoms with Crippen LogP contribution in [0, 0.1) is 0 Å². The number of aromatic nitrogens is 1. The topological polar surface area (TPSA) is 54.0 Å². The van der Waals surface area contributed by atoms with Crippen LogP contribution in [0.5, 0.6) is 0 Å². The smallest absolute Gasteiger partial charge is 0.270 e. The van der Waals surface area contributed by atoms with Crippen LogP contribution in [0.2, 0.25) is 0 Å². The van der Waals surface area contributed by atoms with E-state index in [9.17, 15) is 4.79 Å². The lowest BCUT2D eigenvalue weighted by molar-refractivity contribution is 0.0946. The predicted octanol–water partition coefficient (Wildman–Crippen LogP) is 4.52. The van der Waals surface area contributed by atoms with Gasteiger partial charge in [0.25, 0.3) is 5.91 Å². The van der Waals surface area contributed by atoms with E-state index >= 15 is 0 Å². The molecule has 0 unspecified atom stereocenters. The van der Waals surface area contributed by atoms with Crippen LogP contribution < -0.4 is 10.6 Å². The molecule has 0 aliphatic rings. The summed E-state index contributed by atoms with van der Waals surface area (Å²) in [5, 5.41) is 6.11. The summed E-state index contributed by atoms with van der Waals surface area (Å²) in [6.45, 7) is 0.486. The zero-order valence-corrected chi connectivity index (χ0v) is 14.5. The highest BCUT2D eigenvalue weighted by atomic mass is 79.9. The highest BCUT2D eigenvalue weighted by molar-refractivity contribution is 9.10. The van der Waals surface area contributed by atoms with Gasteiger partial charge in [0.05, 0.1) is 11.9 Å². The first-order chi connectivity index (χ1) is 11.7. The van der Waals surface area contributed by atoms with E-state index < -0.39 is 0 Å². The molecule has 1 aromatic heterocycles. The van der Waals surface area contributed by atoms with Gasteiger partial charge in [0.1, 0.15) is 5.69 Å². The largest absolute Gasteiger partial charge is 0.354 e. The maximum Gasteiger partial charge on any atom is 0.270 e. The number of nitrogens with zero attached hydrogens (tertiary/aromatic N) is 1. The number of rotatable bonds is 5. The van der Waals surface area contributed by atoms with Crippen molar-refractivity contribution in [2.45, 2.75) is 6.54 Å². The third-order valence-electron chi connectivity index (χ3n) is 3.41. The third kappa shape index (κ3) is 4.43. The quantitative estimate of drug-likeness (QED) is 0.682. The average Bonchev–Trinajstić information content (AvgIpc) is 2.61. The molecule has 0 aliphatic carbocycles. The summed E-state index contributed by atoms with van der Waals surface area (Å²) in [5.41, 5.74) is 3.23. The van der Waals surface area contributed by atoms with Gasteiger partial charge in [-0.15, -0.1) is 0 Å². The van der Waals surface area contributed by atoms with Gasteiger partial charge in [-0.05, 0) is 35.9 Å². The fourth-order valence-corrected chi connectivity index (χ4v) is 2.60. The molecule has 0 saturated heterocycles. The summed E-state index contributed by atoms with van der Waals surface area (Å²) in [6.07, 6.45) is 1.65. The molecule has 0 aliphatic heterocycles. The number of anilines is 2. The van der Waals surface area contributed by atoms with Crippen LogP contribution in [-0.4, -0.2) is 10.9 Å². The molecule has 0 saturated carbocycles. The van der Waals surface area contributed by atoms with E-state index in [0.717, 1.165) is 21.4 Å². The fourth-order valence-electron chi connectivity index (χ4n) is 2.20. The van der Waals surface area contributed by atoms with Crippen LogP contribution in [0.15, 0.2) is 77.4 Å². The van der Waals surface area contributed by atoms with Crippen LogP contribution in [0.25, 0.3) is 0 Å². The molecule has 0 spiro atoms. The summed E-state index contributed by atoms with van der Waals surface area (Å²) in [6, 6.07) is 21.2. The Labute approximate surface area is 149 Å². The van der Waals surface area contributed by atoms with Crippen molar-refractivity contribution in [2.75, 3.05) is 5.32 Å². The van der Waals surface area contributed by atoms with Gasteiger partial charge >= 0.3 is 0 Å². The van der Waals surface area contributed by atoms with Crippen LogP contribution in [0.3, 0.4) is 0 Å². The number of carbonyl (C=O) groups excluding carboxylic acids is 1. The van der Waals surface area contributed by atoms with Crippen LogP contribution in [0.4, 0.5) is 11.4 Å². The van der Waals surface area contributed by atoms with E-state index in [0.29, 0.717) is 12.2 Å². The molecule has 2 N–H and O–H groups in total. The minimum Gasteiger partial charge on any atom is -0.354 e. The number of nitrogens with one attached hydrogen (secondary N) is 2. The predicted molar refractivity (Wildman–Crippen MR) is 99.3 cm³/mol. The van der Waals surface area contributed by atoms with Gasteiger partial charge < -0.3 is 10.6 Å². The SMILES string of the molecule is O=C(NCc1ccccc1)c1ccc(Nc2cccc(Br)c2)cn1. The van der Waals surface area contributed by atoms with E-state index in [-0.39, 0.29) is 5.91 Å². The monoisotopic (exact) mass is 381 g/mol. The Bertz CT molecular complexity index is 820. The van der Waals surface area contributed by atoms with E-state index in [1.807, 2.05) is 60.7 Å². The molecule has 1 heterocycles. The minimum absolute atomic E-state index is 0.187. The second kappa shape index (κ2) is 7.75. The lowest BCUT2D eigenvalue weighted by Gasteiger charge is -2.08. The van der Waals surface area contributed by atoms with Crippen LogP contribution in [0.1, 0.15) is 16.1 Å². The number of hydrogen-bond donors (Lipinski definition) is 2. The number of amides is 1. The van der Waals surface area contributed by atoms with Gasteiger partial charge in [0.15, 0.2) is 0 Å². The Morgan fingerprint density at radius 1 is 0.958 bits per heavy atom. The van der Waals surface area contributed by atoms with Gasteiger partial charge in [-0.1, -0.05) is 52.3 Å². The van der Waals surface area contributed by atoms with E-state index in [1.165, 1.54) is 0 Å². The van der Waals surface area contributed by atoms with Crippen molar-refractivity contribution in [3.8, 4) is 0 Å². The van der Waals surface area contributed by atoms with E-state index in [4.69, 9.17) is 0 Å². The first-order valence-electron chi connectivity index (χ1n) is 7.51. The van der Waals surface area contributed by atoms with E-state index in [2.05, 4.69) is 31.5 Å². The van der Waals surface area contributed by atoms with Crippen LogP contribution >= 0.6 is 15.9 Å². The first-order valence-corrected chi connectivity index (χ1v) is 8.31. The number of halogens is 1. The maximum absolute atomic E-state index is 12.1. The Morgan fingerprint density at radius 2 is 1.79 bits per heavy atom.